The topological polar surface area (TPSA) is 84.1 Å². The highest BCUT2D eigenvalue weighted by molar-refractivity contribution is 6.08. The molecule has 8 nitrogen and oxygen atoms in total. The van der Waals surface area contributed by atoms with Crippen molar-refractivity contribution in [2.24, 2.45) is 7.05 Å². The van der Waals surface area contributed by atoms with Gasteiger partial charge in [-0.1, -0.05) is 6.07 Å². The van der Waals surface area contributed by atoms with Crippen LogP contribution in [-0.2, 0) is 11.8 Å². The molecule has 0 aliphatic carbocycles. The predicted octanol–water partition coefficient (Wildman–Crippen LogP) is 4.67. The van der Waals surface area contributed by atoms with Crippen LogP contribution in [0.2, 0.25) is 0 Å². The Balaban J connectivity index is 1.93. The number of halogens is 3. The number of carbonyl (C=O) groups excluding carboxylic acids is 1. The number of hydrogen-bond donors (Lipinski definition) is 0. The molecular formula is C22H20F3N5O3. The third-order valence-electron chi connectivity index (χ3n) is 4.52. The number of alkyl halides is 3. The van der Waals surface area contributed by atoms with Crippen molar-refractivity contribution in [2.75, 3.05) is 0 Å². The maximum absolute atomic E-state index is 12.9. The number of hydrogen-bond acceptors (Lipinski definition) is 6. The zero-order valence-corrected chi connectivity index (χ0v) is 18.2. The molecule has 4 aromatic rings. The maximum atomic E-state index is 12.9. The minimum Gasteiger partial charge on any atom is -0.455 e. The second-order valence-corrected chi connectivity index (χ2v) is 8.28. The molecule has 0 saturated carbocycles. The molecule has 0 N–H and O–H groups in total. The number of rotatable bonds is 4. The largest absolute Gasteiger partial charge is 0.573 e. The van der Waals surface area contributed by atoms with Gasteiger partial charge >= 0.3 is 12.3 Å². The van der Waals surface area contributed by atoms with Crippen LogP contribution < -0.4 is 4.74 Å². The lowest BCUT2D eigenvalue weighted by Crippen LogP contribution is -2.24. The molecule has 0 aliphatic rings. The first-order chi connectivity index (χ1) is 15.4. The summed E-state index contributed by atoms with van der Waals surface area (Å²) in [5, 5.41) is 4.57. The van der Waals surface area contributed by atoms with Gasteiger partial charge in [0.05, 0.1) is 17.3 Å². The molecule has 0 radical (unpaired) electrons. The average Bonchev–Trinajstić information content (AvgIpc) is 3.29. The van der Waals surface area contributed by atoms with Crippen LogP contribution in [0, 0.1) is 0 Å². The lowest BCUT2D eigenvalue weighted by atomic mass is 10.1. The van der Waals surface area contributed by atoms with Crippen molar-refractivity contribution in [3.8, 4) is 22.6 Å². The Morgan fingerprint density at radius 1 is 1.09 bits per heavy atom. The molecule has 3 aromatic heterocycles. The molecule has 4 rings (SSSR count). The van der Waals surface area contributed by atoms with E-state index in [2.05, 4.69) is 19.8 Å². The summed E-state index contributed by atoms with van der Waals surface area (Å²) in [4.78, 5) is 21.4. The monoisotopic (exact) mass is 459 g/mol. The molecule has 0 amide bonds. The number of esters is 1. The number of aryl methyl sites for hydroxylation is 1. The molecule has 0 unspecified atom stereocenters. The van der Waals surface area contributed by atoms with Gasteiger partial charge in [0.1, 0.15) is 23.3 Å². The van der Waals surface area contributed by atoms with E-state index in [1.807, 2.05) is 0 Å². The highest BCUT2D eigenvalue weighted by atomic mass is 19.4. The predicted molar refractivity (Wildman–Crippen MR) is 113 cm³/mol. The molecular weight excluding hydrogens is 439 g/mol. The SMILES string of the molecule is Cn1cc(-c2cn(-c3cccc(OC(F)(F)F)c3)c3ncnc(C(=O)OC(C)(C)C)c23)cn1. The summed E-state index contributed by atoms with van der Waals surface area (Å²) >= 11 is 0. The molecule has 3 heterocycles. The number of nitrogens with zero attached hydrogens (tertiary/aromatic N) is 5. The van der Waals surface area contributed by atoms with Gasteiger partial charge in [-0.15, -0.1) is 13.2 Å². The van der Waals surface area contributed by atoms with Gasteiger partial charge in [-0.25, -0.2) is 14.8 Å². The lowest BCUT2D eigenvalue weighted by molar-refractivity contribution is -0.274. The van der Waals surface area contributed by atoms with Gasteiger partial charge < -0.3 is 14.0 Å². The Morgan fingerprint density at radius 3 is 2.48 bits per heavy atom. The van der Waals surface area contributed by atoms with Crippen molar-refractivity contribution in [2.45, 2.75) is 32.7 Å². The molecule has 0 spiro atoms. The van der Waals surface area contributed by atoms with E-state index in [4.69, 9.17) is 4.74 Å². The first-order valence-corrected chi connectivity index (χ1v) is 9.86. The van der Waals surface area contributed by atoms with Gasteiger partial charge in [-0.05, 0) is 32.9 Å². The number of ether oxygens (including phenoxy) is 2. The van der Waals surface area contributed by atoms with Crippen molar-refractivity contribution in [3.63, 3.8) is 0 Å². The molecule has 0 aliphatic heterocycles. The van der Waals surface area contributed by atoms with E-state index in [0.29, 0.717) is 27.8 Å². The van der Waals surface area contributed by atoms with Gasteiger partial charge in [0.2, 0.25) is 0 Å². The van der Waals surface area contributed by atoms with Crippen LogP contribution in [0.3, 0.4) is 0 Å². The molecule has 0 bridgehead atoms. The number of aromatic nitrogens is 5. The van der Waals surface area contributed by atoms with E-state index in [0.717, 1.165) is 0 Å². The van der Waals surface area contributed by atoms with Crippen LogP contribution in [0.15, 0.2) is 49.2 Å². The number of benzene rings is 1. The quantitative estimate of drug-likeness (QED) is 0.412. The summed E-state index contributed by atoms with van der Waals surface area (Å²) in [5.41, 5.74) is 1.19. The van der Waals surface area contributed by atoms with E-state index < -0.39 is 17.9 Å². The Kier molecular flexibility index (Phi) is 5.35. The van der Waals surface area contributed by atoms with Crippen molar-refractivity contribution in [3.05, 3.63) is 54.9 Å². The highest BCUT2D eigenvalue weighted by Crippen LogP contribution is 2.35. The molecule has 0 atom stereocenters. The van der Waals surface area contributed by atoms with E-state index in [1.165, 1.54) is 24.5 Å². The summed E-state index contributed by atoms with van der Waals surface area (Å²) in [5.74, 6) is -1.03. The molecule has 33 heavy (non-hydrogen) atoms. The van der Waals surface area contributed by atoms with Gasteiger partial charge in [0, 0.05) is 36.6 Å². The van der Waals surface area contributed by atoms with E-state index in [-0.39, 0.29) is 11.4 Å². The molecule has 11 heteroatoms. The van der Waals surface area contributed by atoms with Crippen LogP contribution >= 0.6 is 0 Å². The van der Waals surface area contributed by atoms with Gasteiger partial charge in [0.25, 0.3) is 0 Å². The van der Waals surface area contributed by atoms with Crippen LogP contribution in [0.4, 0.5) is 13.2 Å². The second-order valence-electron chi connectivity index (χ2n) is 8.28. The zero-order valence-electron chi connectivity index (χ0n) is 18.2. The Morgan fingerprint density at radius 2 is 1.85 bits per heavy atom. The van der Waals surface area contributed by atoms with Crippen LogP contribution in [0.1, 0.15) is 31.3 Å². The smallest absolute Gasteiger partial charge is 0.455 e. The van der Waals surface area contributed by atoms with E-state index >= 15 is 0 Å². The maximum Gasteiger partial charge on any atom is 0.573 e. The standard InChI is InChI=1S/C22H20F3N5O3/c1-21(2,3)33-20(31)18-17-16(13-9-28-29(4)10-13)11-30(19(17)27-12-26-18)14-6-5-7-15(8-14)32-22(23,24)25/h5-12H,1-4H3. The Bertz CT molecular complexity index is 1340. The number of fused-ring (bicyclic) bond motifs is 1. The van der Waals surface area contributed by atoms with Crippen molar-refractivity contribution in [1.82, 2.24) is 24.3 Å². The zero-order chi connectivity index (χ0) is 24.0. The summed E-state index contributed by atoms with van der Waals surface area (Å²) in [6, 6.07) is 5.47. The number of carbonyl (C=O) groups is 1. The fraction of sp³-hybridized carbons (Fsp3) is 0.273. The Labute approximate surface area is 186 Å². The lowest BCUT2D eigenvalue weighted by Gasteiger charge is -2.19. The minimum absolute atomic E-state index is 0.0372. The second kappa shape index (κ2) is 7.91. The summed E-state index contributed by atoms with van der Waals surface area (Å²) < 4.78 is 50.9. The van der Waals surface area contributed by atoms with E-state index in [1.54, 1.807) is 61.7 Å². The van der Waals surface area contributed by atoms with Crippen molar-refractivity contribution in [1.29, 1.82) is 0 Å². The summed E-state index contributed by atoms with van der Waals surface area (Å²) in [7, 11) is 1.74. The fourth-order valence-corrected chi connectivity index (χ4v) is 3.35. The Hall–Kier alpha value is -3.89. The minimum atomic E-state index is -4.83. The molecule has 0 fully saturated rings. The summed E-state index contributed by atoms with van der Waals surface area (Å²) in [6.45, 7) is 5.22. The third-order valence-corrected chi connectivity index (χ3v) is 4.52. The molecule has 172 valence electrons. The van der Waals surface area contributed by atoms with Gasteiger partial charge in [0.15, 0.2) is 5.69 Å². The normalized spacial score (nSPS) is 12.2. The van der Waals surface area contributed by atoms with Crippen molar-refractivity contribution < 1.29 is 27.4 Å². The van der Waals surface area contributed by atoms with Crippen LogP contribution in [-0.4, -0.2) is 42.2 Å². The van der Waals surface area contributed by atoms with Gasteiger partial charge in [-0.3, -0.25) is 4.68 Å². The highest BCUT2D eigenvalue weighted by Gasteiger charge is 2.31. The van der Waals surface area contributed by atoms with Crippen molar-refractivity contribution >= 4 is 17.0 Å². The first-order valence-electron chi connectivity index (χ1n) is 9.86. The molecule has 0 saturated heterocycles. The van der Waals surface area contributed by atoms with Crippen LogP contribution in [0.25, 0.3) is 27.8 Å². The first kappa shape index (κ1) is 22.3. The fourth-order valence-electron chi connectivity index (χ4n) is 3.35. The third kappa shape index (κ3) is 4.81. The van der Waals surface area contributed by atoms with Gasteiger partial charge in [-0.2, -0.15) is 5.10 Å². The average molecular weight is 459 g/mol. The van der Waals surface area contributed by atoms with E-state index in [9.17, 15) is 18.0 Å². The summed E-state index contributed by atoms with van der Waals surface area (Å²) in [6.07, 6.45) is 1.39. The molecule has 1 aromatic carbocycles. The van der Waals surface area contributed by atoms with Crippen LogP contribution in [0.5, 0.6) is 5.75 Å².